The van der Waals surface area contributed by atoms with Crippen molar-refractivity contribution in [3.05, 3.63) is 29.0 Å². The molecule has 1 aliphatic rings. The maximum absolute atomic E-state index is 13.5. The molecule has 0 aliphatic heterocycles. The van der Waals surface area contributed by atoms with Crippen molar-refractivity contribution in [1.82, 2.24) is 0 Å². The Morgan fingerprint density at radius 1 is 1.50 bits per heavy atom. The van der Waals surface area contributed by atoms with E-state index in [-0.39, 0.29) is 11.9 Å². The first kappa shape index (κ1) is 11.7. The number of nitrogens with one attached hydrogen (secondary N) is 1. The molecule has 0 spiro atoms. The fraction of sp³-hybridized carbons (Fsp3) is 0.538. The molecule has 1 fully saturated rings. The van der Waals surface area contributed by atoms with E-state index in [2.05, 4.69) is 12.2 Å². The maximum Gasteiger partial charge on any atom is 0.147 e. The number of para-hydroxylation sites is 1. The second-order valence-electron chi connectivity index (χ2n) is 4.67. The molecule has 16 heavy (non-hydrogen) atoms. The summed E-state index contributed by atoms with van der Waals surface area (Å²) in [7, 11) is 0. The molecule has 1 aliphatic carbocycles. The lowest BCUT2D eigenvalue weighted by Gasteiger charge is -2.29. The van der Waals surface area contributed by atoms with Gasteiger partial charge in [0.15, 0.2) is 0 Å². The summed E-state index contributed by atoms with van der Waals surface area (Å²) in [5, 5.41) is 3.63. The molecule has 0 radical (unpaired) electrons. The Morgan fingerprint density at radius 3 is 2.81 bits per heavy atom. The van der Waals surface area contributed by atoms with Gasteiger partial charge in [-0.2, -0.15) is 0 Å². The minimum absolute atomic E-state index is 0.270. The summed E-state index contributed by atoms with van der Waals surface area (Å²) in [6.45, 7) is 2.08. The van der Waals surface area contributed by atoms with Gasteiger partial charge >= 0.3 is 0 Å². The Hall–Kier alpha value is -0.760. The quantitative estimate of drug-likeness (QED) is 0.820. The number of rotatable bonds is 4. The summed E-state index contributed by atoms with van der Waals surface area (Å²) in [6, 6.07) is 5.05. The molecule has 2 rings (SSSR count). The first-order chi connectivity index (χ1) is 7.66. The van der Waals surface area contributed by atoms with Crippen molar-refractivity contribution in [2.24, 2.45) is 5.92 Å². The highest BCUT2D eigenvalue weighted by atomic mass is 35.5. The lowest BCUT2D eigenvalue weighted by atomic mass is 9.81. The Morgan fingerprint density at radius 2 is 2.25 bits per heavy atom. The SMILES string of the molecule is CC(CC1CCC1)Nc1c(F)cccc1Cl. The van der Waals surface area contributed by atoms with Crippen LogP contribution in [0.4, 0.5) is 10.1 Å². The molecule has 1 nitrogen and oxygen atoms in total. The molecule has 1 unspecified atom stereocenters. The van der Waals surface area contributed by atoms with Crippen molar-refractivity contribution in [2.75, 3.05) is 5.32 Å². The highest BCUT2D eigenvalue weighted by Crippen LogP contribution is 2.32. The Bertz CT molecular complexity index is 343. The van der Waals surface area contributed by atoms with E-state index < -0.39 is 0 Å². The van der Waals surface area contributed by atoms with Gasteiger partial charge in [0.25, 0.3) is 0 Å². The van der Waals surface area contributed by atoms with Gasteiger partial charge in [-0.05, 0) is 31.4 Å². The zero-order chi connectivity index (χ0) is 11.5. The third kappa shape index (κ3) is 2.67. The fourth-order valence-electron chi connectivity index (χ4n) is 2.17. The van der Waals surface area contributed by atoms with Crippen LogP contribution in [0.25, 0.3) is 0 Å². The highest BCUT2D eigenvalue weighted by molar-refractivity contribution is 6.33. The average molecular weight is 242 g/mol. The maximum atomic E-state index is 13.5. The van der Waals surface area contributed by atoms with Crippen LogP contribution in [0, 0.1) is 11.7 Å². The standard InChI is InChI=1S/C13H17ClFN/c1-9(8-10-4-2-5-10)16-13-11(14)6-3-7-12(13)15/h3,6-7,9-10,16H,2,4-5,8H2,1H3. The van der Waals surface area contributed by atoms with Crippen LogP contribution in [-0.2, 0) is 0 Å². The average Bonchev–Trinajstić information content (AvgIpc) is 2.18. The van der Waals surface area contributed by atoms with Crippen LogP contribution in [0.3, 0.4) is 0 Å². The molecular formula is C13H17ClFN. The van der Waals surface area contributed by atoms with Crippen molar-refractivity contribution in [1.29, 1.82) is 0 Å². The van der Waals surface area contributed by atoms with Crippen LogP contribution >= 0.6 is 11.6 Å². The van der Waals surface area contributed by atoms with E-state index in [1.807, 2.05) is 0 Å². The Labute approximate surface area is 101 Å². The second kappa shape index (κ2) is 5.05. The Kier molecular flexibility index (Phi) is 3.70. The molecule has 1 saturated carbocycles. The van der Waals surface area contributed by atoms with Crippen LogP contribution in [-0.4, -0.2) is 6.04 Å². The minimum Gasteiger partial charge on any atom is -0.379 e. The first-order valence-electron chi connectivity index (χ1n) is 5.87. The van der Waals surface area contributed by atoms with Crippen LogP contribution in [0.15, 0.2) is 18.2 Å². The van der Waals surface area contributed by atoms with E-state index in [1.165, 1.54) is 25.3 Å². The van der Waals surface area contributed by atoms with Crippen LogP contribution < -0.4 is 5.32 Å². The smallest absolute Gasteiger partial charge is 0.147 e. The Balaban J connectivity index is 1.96. The fourth-order valence-corrected chi connectivity index (χ4v) is 2.39. The second-order valence-corrected chi connectivity index (χ2v) is 5.08. The first-order valence-corrected chi connectivity index (χ1v) is 6.25. The largest absolute Gasteiger partial charge is 0.379 e. The van der Waals surface area contributed by atoms with E-state index in [0.717, 1.165) is 12.3 Å². The van der Waals surface area contributed by atoms with Crippen molar-refractivity contribution >= 4 is 17.3 Å². The monoisotopic (exact) mass is 241 g/mol. The molecule has 0 heterocycles. The number of halogens is 2. The molecular weight excluding hydrogens is 225 g/mol. The summed E-state index contributed by atoms with van der Waals surface area (Å²) in [4.78, 5) is 0. The van der Waals surface area contributed by atoms with Crippen molar-refractivity contribution < 1.29 is 4.39 Å². The van der Waals surface area contributed by atoms with Crippen molar-refractivity contribution in [3.8, 4) is 0 Å². The van der Waals surface area contributed by atoms with Gasteiger partial charge in [0.2, 0.25) is 0 Å². The van der Waals surface area contributed by atoms with Gasteiger partial charge in [-0.15, -0.1) is 0 Å². The van der Waals surface area contributed by atoms with Gasteiger partial charge in [0, 0.05) is 6.04 Å². The number of benzene rings is 1. The zero-order valence-corrected chi connectivity index (χ0v) is 10.2. The molecule has 1 N–H and O–H groups in total. The van der Waals surface area contributed by atoms with Gasteiger partial charge < -0.3 is 5.32 Å². The van der Waals surface area contributed by atoms with Crippen LogP contribution in [0.5, 0.6) is 0 Å². The number of hydrogen-bond acceptors (Lipinski definition) is 1. The van der Waals surface area contributed by atoms with Gasteiger partial charge in [-0.3, -0.25) is 0 Å². The van der Waals surface area contributed by atoms with Gasteiger partial charge in [0.05, 0.1) is 10.7 Å². The predicted molar refractivity (Wildman–Crippen MR) is 66.5 cm³/mol. The molecule has 1 atom stereocenters. The lowest BCUT2D eigenvalue weighted by Crippen LogP contribution is -2.23. The predicted octanol–water partition coefficient (Wildman–Crippen LogP) is 4.47. The van der Waals surface area contributed by atoms with Gasteiger partial charge in [0.1, 0.15) is 5.82 Å². The lowest BCUT2D eigenvalue weighted by molar-refractivity contribution is 0.285. The van der Waals surface area contributed by atoms with Crippen molar-refractivity contribution in [3.63, 3.8) is 0 Å². The summed E-state index contributed by atoms with van der Waals surface area (Å²) < 4.78 is 13.5. The van der Waals surface area contributed by atoms with E-state index in [1.54, 1.807) is 12.1 Å². The molecule has 0 bridgehead atoms. The van der Waals surface area contributed by atoms with E-state index in [4.69, 9.17) is 11.6 Å². The third-order valence-electron chi connectivity index (χ3n) is 3.27. The summed E-state index contributed by atoms with van der Waals surface area (Å²) in [6.07, 6.45) is 5.08. The zero-order valence-electron chi connectivity index (χ0n) is 9.47. The molecule has 0 aromatic heterocycles. The van der Waals surface area contributed by atoms with Gasteiger partial charge in [-0.1, -0.05) is 36.9 Å². The molecule has 1 aromatic carbocycles. The molecule has 3 heteroatoms. The van der Waals surface area contributed by atoms with Crippen LogP contribution in [0.1, 0.15) is 32.6 Å². The molecule has 0 amide bonds. The normalized spacial score (nSPS) is 17.9. The van der Waals surface area contributed by atoms with E-state index in [0.29, 0.717) is 10.7 Å². The molecule has 0 saturated heterocycles. The topological polar surface area (TPSA) is 12.0 Å². The summed E-state index contributed by atoms with van der Waals surface area (Å²) >= 11 is 5.96. The molecule has 88 valence electrons. The number of anilines is 1. The summed E-state index contributed by atoms with van der Waals surface area (Å²) in [5.41, 5.74) is 0.441. The van der Waals surface area contributed by atoms with E-state index in [9.17, 15) is 4.39 Å². The van der Waals surface area contributed by atoms with Crippen LogP contribution in [0.2, 0.25) is 5.02 Å². The van der Waals surface area contributed by atoms with Crippen molar-refractivity contribution in [2.45, 2.75) is 38.6 Å². The summed E-state index contributed by atoms with van der Waals surface area (Å²) in [5.74, 6) is 0.543. The number of hydrogen-bond donors (Lipinski definition) is 1. The highest BCUT2D eigenvalue weighted by Gasteiger charge is 2.20. The molecule has 1 aromatic rings. The van der Waals surface area contributed by atoms with Gasteiger partial charge in [-0.25, -0.2) is 4.39 Å². The van der Waals surface area contributed by atoms with E-state index >= 15 is 0 Å². The third-order valence-corrected chi connectivity index (χ3v) is 3.58. The minimum atomic E-state index is -0.270.